The standard InChI is InChI=1S/C13H24N2O4/c1-3-15(9-10-5-4-6-10)13(18)14-8-11(19-2)7-12(16)17/h10-11H,3-9H2,1-2H3,(H,14,18)(H,16,17). The number of carbonyl (C=O) groups is 2. The molecule has 1 rings (SSSR count). The highest BCUT2D eigenvalue weighted by Gasteiger charge is 2.23. The summed E-state index contributed by atoms with van der Waals surface area (Å²) in [5, 5.41) is 11.4. The highest BCUT2D eigenvalue weighted by atomic mass is 16.5. The van der Waals surface area contributed by atoms with Crippen LogP contribution in [0.25, 0.3) is 0 Å². The summed E-state index contributed by atoms with van der Waals surface area (Å²) in [6, 6.07) is -0.137. The van der Waals surface area contributed by atoms with Crippen molar-refractivity contribution < 1.29 is 19.4 Å². The van der Waals surface area contributed by atoms with Crippen LogP contribution in [0.5, 0.6) is 0 Å². The first kappa shape index (κ1) is 15.8. The van der Waals surface area contributed by atoms with E-state index in [9.17, 15) is 9.59 Å². The van der Waals surface area contributed by atoms with Crippen molar-refractivity contribution in [2.45, 2.75) is 38.7 Å². The number of methoxy groups -OCH3 is 1. The summed E-state index contributed by atoms with van der Waals surface area (Å²) in [6.07, 6.45) is 3.07. The Hall–Kier alpha value is -1.30. The molecule has 1 unspecified atom stereocenters. The lowest BCUT2D eigenvalue weighted by Gasteiger charge is -2.32. The molecule has 110 valence electrons. The lowest BCUT2D eigenvalue weighted by atomic mass is 9.85. The van der Waals surface area contributed by atoms with Gasteiger partial charge >= 0.3 is 12.0 Å². The van der Waals surface area contributed by atoms with E-state index >= 15 is 0 Å². The molecule has 0 aromatic carbocycles. The first-order valence-electron chi connectivity index (χ1n) is 6.84. The highest BCUT2D eigenvalue weighted by molar-refractivity contribution is 5.74. The van der Waals surface area contributed by atoms with Crippen molar-refractivity contribution in [2.75, 3.05) is 26.7 Å². The Morgan fingerprint density at radius 1 is 1.47 bits per heavy atom. The predicted molar refractivity (Wildman–Crippen MR) is 71.0 cm³/mol. The predicted octanol–water partition coefficient (Wildman–Crippen LogP) is 1.31. The molecule has 0 aliphatic heterocycles. The van der Waals surface area contributed by atoms with E-state index in [2.05, 4.69) is 5.32 Å². The second-order valence-corrected chi connectivity index (χ2v) is 4.98. The maximum atomic E-state index is 12.0. The van der Waals surface area contributed by atoms with Gasteiger partial charge in [0, 0.05) is 26.7 Å². The number of ether oxygens (including phenoxy) is 1. The van der Waals surface area contributed by atoms with Crippen LogP contribution in [0.2, 0.25) is 0 Å². The number of carbonyl (C=O) groups excluding carboxylic acids is 1. The summed E-state index contributed by atoms with van der Waals surface area (Å²) in [7, 11) is 1.45. The van der Waals surface area contributed by atoms with Gasteiger partial charge in [0.1, 0.15) is 0 Å². The molecule has 6 nitrogen and oxygen atoms in total. The Morgan fingerprint density at radius 2 is 2.16 bits per heavy atom. The van der Waals surface area contributed by atoms with Gasteiger partial charge in [-0.05, 0) is 25.7 Å². The minimum atomic E-state index is -0.928. The van der Waals surface area contributed by atoms with Crippen molar-refractivity contribution >= 4 is 12.0 Å². The van der Waals surface area contributed by atoms with Crippen LogP contribution in [0.15, 0.2) is 0 Å². The number of nitrogens with one attached hydrogen (secondary N) is 1. The van der Waals surface area contributed by atoms with E-state index in [1.54, 1.807) is 4.90 Å². The Balaban J connectivity index is 2.31. The summed E-state index contributed by atoms with van der Waals surface area (Å²) in [5.41, 5.74) is 0. The number of carboxylic acid groups (broad SMARTS) is 1. The van der Waals surface area contributed by atoms with E-state index in [0.29, 0.717) is 12.5 Å². The van der Waals surface area contributed by atoms with Crippen LogP contribution in [0.4, 0.5) is 4.79 Å². The topological polar surface area (TPSA) is 78.9 Å². The van der Waals surface area contributed by atoms with Crippen LogP contribution in [-0.4, -0.2) is 54.9 Å². The van der Waals surface area contributed by atoms with Crippen molar-refractivity contribution in [3.63, 3.8) is 0 Å². The summed E-state index contributed by atoms with van der Waals surface area (Å²) < 4.78 is 5.02. The summed E-state index contributed by atoms with van der Waals surface area (Å²) >= 11 is 0. The van der Waals surface area contributed by atoms with Gasteiger partial charge in [-0.25, -0.2) is 4.79 Å². The second kappa shape index (κ2) is 7.99. The third kappa shape index (κ3) is 5.46. The van der Waals surface area contributed by atoms with Crippen molar-refractivity contribution in [2.24, 2.45) is 5.92 Å². The zero-order valence-electron chi connectivity index (χ0n) is 11.7. The molecule has 0 radical (unpaired) electrons. The van der Waals surface area contributed by atoms with Gasteiger partial charge in [0.25, 0.3) is 0 Å². The minimum absolute atomic E-state index is 0.106. The van der Waals surface area contributed by atoms with E-state index in [1.807, 2.05) is 6.92 Å². The normalized spacial score (nSPS) is 16.5. The molecular weight excluding hydrogens is 248 g/mol. The van der Waals surface area contributed by atoms with E-state index in [4.69, 9.17) is 9.84 Å². The lowest BCUT2D eigenvalue weighted by Crippen LogP contribution is -2.46. The van der Waals surface area contributed by atoms with Crippen molar-refractivity contribution in [3.8, 4) is 0 Å². The molecule has 19 heavy (non-hydrogen) atoms. The lowest BCUT2D eigenvalue weighted by molar-refractivity contribution is -0.139. The zero-order valence-corrected chi connectivity index (χ0v) is 11.7. The first-order valence-corrected chi connectivity index (χ1v) is 6.84. The van der Waals surface area contributed by atoms with Gasteiger partial charge in [-0.1, -0.05) is 6.42 Å². The van der Waals surface area contributed by atoms with Gasteiger partial charge < -0.3 is 20.1 Å². The van der Waals surface area contributed by atoms with Gasteiger partial charge in [-0.2, -0.15) is 0 Å². The quantitative estimate of drug-likeness (QED) is 0.698. The molecule has 2 amide bonds. The molecule has 1 aliphatic carbocycles. The average Bonchev–Trinajstić information content (AvgIpc) is 2.32. The van der Waals surface area contributed by atoms with Gasteiger partial charge in [0.2, 0.25) is 0 Å². The summed E-state index contributed by atoms with van der Waals surface area (Å²) in [6.45, 7) is 3.63. The fraction of sp³-hybridized carbons (Fsp3) is 0.846. The fourth-order valence-corrected chi connectivity index (χ4v) is 2.09. The maximum Gasteiger partial charge on any atom is 0.317 e. The molecule has 1 fully saturated rings. The number of hydrogen-bond donors (Lipinski definition) is 2. The molecule has 6 heteroatoms. The molecule has 0 aromatic rings. The average molecular weight is 272 g/mol. The molecular formula is C13H24N2O4. The number of rotatable bonds is 8. The van der Waals surface area contributed by atoms with Crippen LogP contribution >= 0.6 is 0 Å². The molecule has 2 N–H and O–H groups in total. The third-order valence-corrected chi connectivity index (χ3v) is 3.59. The SMILES string of the molecule is CCN(CC1CCC1)C(=O)NCC(CC(=O)O)OC. The minimum Gasteiger partial charge on any atom is -0.481 e. The maximum absolute atomic E-state index is 12.0. The van der Waals surface area contributed by atoms with Gasteiger partial charge in [-0.15, -0.1) is 0 Å². The van der Waals surface area contributed by atoms with Gasteiger partial charge in [0.15, 0.2) is 0 Å². The molecule has 1 atom stereocenters. The third-order valence-electron chi connectivity index (χ3n) is 3.59. The summed E-state index contributed by atoms with van der Waals surface area (Å²) in [5.74, 6) is -0.300. The molecule has 0 bridgehead atoms. The Bertz CT molecular complexity index is 305. The van der Waals surface area contributed by atoms with Crippen LogP contribution in [0, 0.1) is 5.92 Å². The number of amides is 2. The monoisotopic (exact) mass is 272 g/mol. The van der Waals surface area contributed by atoms with E-state index < -0.39 is 12.1 Å². The van der Waals surface area contributed by atoms with E-state index in [-0.39, 0.29) is 19.0 Å². The Labute approximate surface area is 114 Å². The van der Waals surface area contributed by atoms with Gasteiger partial charge in [-0.3, -0.25) is 4.79 Å². The molecule has 0 aromatic heterocycles. The van der Waals surface area contributed by atoms with Crippen molar-refractivity contribution in [1.29, 1.82) is 0 Å². The Kier molecular flexibility index (Phi) is 6.62. The van der Waals surface area contributed by atoms with Crippen molar-refractivity contribution in [3.05, 3.63) is 0 Å². The fourth-order valence-electron chi connectivity index (χ4n) is 2.09. The molecule has 1 aliphatic rings. The molecule has 0 spiro atoms. The number of aliphatic carboxylic acids is 1. The molecule has 0 saturated heterocycles. The Morgan fingerprint density at radius 3 is 2.58 bits per heavy atom. The van der Waals surface area contributed by atoms with Crippen LogP contribution in [0.3, 0.4) is 0 Å². The second-order valence-electron chi connectivity index (χ2n) is 4.98. The van der Waals surface area contributed by atoms with Crippen LogP contribution in [0.1, 0.15) is 32.6 Å². The number of nitrogens with zero attached hydrogens (tertiary/aromatic N) is 1. The largest absolute Gasteiger partial charge is 0.481 e. The zero-order chi connectivity index (χ0) is 14.3. The van der Waals surface area contributed by atoms with Crippen LogP contribution in [-0.2, 0) is 9.53 Å². The van der Waals surface area contributed by atoms with Crippen molar-refractivity contribution in [1.82, 2.24) is 10.2 Å². The summed E-state index contributed by atoms with van der Waals surface area (Å²) in [4.78, 5) is 24.3. The van der Waals surface area contributed by atoms with E-state index in [0.717, 1.165) is 6.54 Å². The van der Waals surface area contributed by atoms with Gasteiger partial charge in [0.05, 0.1) is 12.5 Å². The first-order chi connectivity index (χ1) is 9.06. The molecule has 1 saturated carbocycles. The number of hydrogen-bond acceptors (Lipinski definition) is 3. The molecule has 0 heterocycles. The smallest absolute Gasteiger partial charge is 0.317 e. The highest BCUT2D eigenvalue weighted by Crippen LogP contribution is 2.26. The van der Waals surface area contributed by atoms with Crippen LogP contribution < -0.4 is 5.32 Å². The number of urea groups is 1. The van der Waals surface area contributed by atoms with E-state index in [1.165, 1.54) is 26.4 Å². The number of carboxylic acids is 1.